The van der Waals surface area contributed by atoms with Crippen molar-refractivity contribution in [2.45, 2.75) is 77.2 Å². The summed E-state index contributed by atoms with van der Waals surface area (Å²) in [7, 11) is 3.63. The van der Waals surface area contributed by atoms with Crippen LogP contribution in [-0.2, 0) is 4.79 Å². The molecule has 0 saturated carbocycles. The predicted molar refractivity (Wildman–Crippen MR) is 90.1 cm³/mol. The molecule has 0 radical (unpaired) electrons. The zero-order valence-electron chi connectivity index (χ0n) is 14.8. The first-order valence-corrected chi connectivity index (χ1v) is 8.84. The van der Waals surface area contributed by atoms with E-state index in [9.17, 15) is 9.90 Å². The Hall–Kier alpha value is -0.650. The Kier molecular flexibility index (Phi) is 12.5. The highest BCUT2D eigenvalue weighted by atomic mass is 16.3. The van der Waals surface area contributed by atoms with Gasteiger partial charge in [0.15, 0.2) is 0 Å². The van der Waals surface area contributed by atoms with Crippen molar-refractivity contribution >= 4 is 5.91 Å². The summed E-state index contributed by atoms with van der Waals surface area (Å²) in [6, 6.07) is 0. The van der Waals surface area contributed by atoms with Crippen LogP contribution in [0.1, 0.15) is 71.1 Å². The van der Waals surface area contributed by atoms with Gasteiger partial charge in [0.1, 0.15) is 12.6 Å². The zero-order chi connectivity index (χ0) is 16.8. The lowest BCUT2D eigenvalue weighted by Gasteiger charge is -2.30. The Morgan fingerprint density at radius 1 is 1.00 bits per heavy atom. The Labute approximate surface area is 136 Å². The molecule has 1 unspecified atom stereocenters. The standard InChI is InChI=1S/C17H36N2O3/c1-4-5-6-7-8-9-10-11-12-13-17(22)18-19(2,3)14-16(21)15-20/h16,20-21H,4-15H2,1-3H3/p+1. The van der Waals surface area contributed by atoms with Crippen molar-refractivity contribution in [3.8, 4) is 0 Å². The highest BCUT2D eigenvalue weighted by Crippen LogP contribution is 2.10. The fraction of sp³-hybridized carbons (Fsp3) is 0.941. The third-order valence-electron chi connectivity index (χ3n) is 3.81. The molecule has 5 heteroatoms. The molecule has 3 N–H and O–H groups in total. The molecule has 0 aromatic carbocycles. The molecule has 0 aliphatic carbocycles. The number of aliphatic hydroxyl groups is 2. The number of nitrogens with zero attached hydrogens (tertiary/aromatic N) is 1. The fourth-order valence-corrected chi connectivity index (χ4v) is 2.62. The largest absolute Gasteiger partial charge is 0.393 e. The molecule has 0 aliphatic heterocycles. The first kappa shape index (κ1) is 21.4. The highest BCUT2D eigenvalue weighted by molar-refractivity contribution is 5.74. The molecule has 1 amide bonds. The summed E-state index contributed by atoms with van der Waals surface area (Å²) in [5.41, 5.74) is 2.87. The smallest absolute Gasteiger partial charge is 0.264 e. The van der Waals surface area contributed by atoms with Crippen LogP contribution in [0.5, 0.6) is 0 Å². The molecule has 132 valence electrons. The van der Waals surface area contributed by atoms with Crippen molar-refractivity contribution in [1.29, 1.82) is 0 Å². The van der Waals surface area contributed by atoms with Gasteiger partial charge in [-0.2, -0.15) is 0 Å². The average Bonchev–Trinajstić information content (AvgIpc) is 2.44. The van der Waals surface area contributed by atoms with Gasteiger partial charge in [0, 0.05) is 6.42 Å². The molecule has 5 nitrogen and oxygen atoms in total. The molecule has 0 aliphatic rings. The van der Waals surface area contributed by atoms with E-state index in [1.807, 2.05) is 14.1 Å². The van der Waals surface area contributed by atoms with Crippen LogP contribution in [0.2, 0.25) is 0 Å². The zero-order valence-corrected chi connectivity index (χ0v) is 14.8. The molecule has 22 heavy (non-hydrogen) atoms. The van der Waals surface area contributed by atoms with Crippen LogP contribution in [0.25, 0.3) is 0 Å². The van der Waals surface area contributed by atoms with E-state index in [0.29, 0.717) is 13.0 Å². The Bertz CT molecular complexity index is 283. The first-order chi connectivity index (χ1) is 10.4. The van der Waals surface area contributed by atoms with Crippen LogP contribution in [-0.4, -0.2) is 54.1 Å². The van der Waals surface area contributed by atoms with Crippen LogP contribution in [0.15, 0.2) is 0 Å². The number of amides is 1. The predicted octanol–water partition coefficient (Wildman–Crippen LogP) is 2.37. The normalized spacial score (nSPS) is 13.1. The first-order valence-electron chi connectivity index (χ1n) is 8.84. The van der Waals surface area contributed by atoms with E-state index in [4.69, 9.17) is 5.11 Å². The van der Waals surface area contributed by atoms with E-state index < -0.39 is 6.10 Å². The molecule has 1 atom stereocenters. The maximum atomic E-state index is 11.9. The molecular weight excluding hydrogens is 280 g/mol. The van der Waals surface area contributed by atoms with E-state index in [-0.39, 0.29) is 17.1 Å². The number of hydrogen-bond donors (Lipinski definition) is 3. The van der Waals surface area contributed by atoms with E-state index in [0.717, 1.165) is 12.8 Å². The number of rotatable bonds is 14. The van der Waals surface area contributed by atoms with Crippen LogP contribution in [0, 0.1) is 0 Å². The number of likely N-dealkylation sites (N-methyl/N-ethyl adjacent to an activating group) is 1. The van der Waals surface area contributed by atoms with Crippen LogP contribution in [0.3, 0.4) is 0 Å². The SMILES string of the molecule is CCCCCCCCCCCC(=O)N[N+](C)(C)CC(O)CO. The minimum Gasteiger partial charge on any atom is -0.393 e. The van der Waals surface area contributed by atoms with Crippen molar-refractivity contribution in [2.75, 3.05) is 27.2 Å². The lowest BCUT2D eigenvalue weighted by molar-refractivity contribution is -0.928. The van der Waals surface area contributed by atoms with E-state index in [2.05, 4.69) is 12.3 Å². The molecule has 0 bridgehead atoms. The van der Waals surface area contributed by atoms with Crippen molar-refractivity contribution in [3.63, 3.8) is 0 Å². The van der Waals surface area contributed by atoms with Gasteiger partial charge in [0.05, 0.1) is 20.7 Å². The van der Waals surface area contributed by atoms with Crippen molar-refractivity contribution in [2.24, 2.45) is 0 Å². The number of aliphatic hydroxyl groups excluding tert-OH is 2. The Morgan fingerprint density at radius 2 is 1.50 bits per heavy atom. The quantitative estimate of drug-likeness (QED) is 0.262. The molecular formula is C17H37N2O3+. The highest BCUT2D eigenvalue weighted by Gasteiger charge is 2.22. The second-order valence-corrected chi connectivity index (χ2v) is 6.82. The van der Waals surface area contributed by atoms with Gasteiger partial charge in [-0.25, -0.2) is 10.0 Å². The van der Waals surface area contributed by atoms with Crippen LogP contribution in [0.4, 0.5) is 0 Å². The average molecular weight is 317 g/mol. The van der Waals surface area contributed by atoms with E-state index in [1.165, 1.54) is 44.9 Å². The van der Waals surface area contributed by atoms with Gasteiger partial charge in [-0.05, 0) is 6.42 Å². The van der Waals surface area contributed by atoms with E-state index >= 15 is 0 Å². The second kappa shape index (κ2) is 12.9. The van der Waals surface area contributed by atoms with Gasteiger partial charge in [-0.3, -0.25) is 4.79 Å². The third-order valence-corrected chi connectivity index (χ3v) is 3.81. The van der Waals surface area contributed by atoms with Crippen molar-refractivity contribution < 1.29 is 19.6 Å². The van der Waals surface area contributed by atoms with Gasteiger partial charge >= 0.3 is 0 Å². The summed E-state index contributed by atoms with van der Waals surface area (Å²) in [6.45, 7) is 2.26. The molecule has 0 heterocycles. The van der Waals surface area contributed by atoms with Gasteiger partial charge in [-0.1, -0.05) is 58.3 Å². The number of hydrogen-bond acceptors (Lipinski definition) is 3. The summed E-state index contributed by atoms with van der Waals surface area (Å²) >= 11 is 0. The monoisotopic (exact) mass is 317 g/mol. The molecule has 0 fully saturated rings. The van der Waals surface area contributed by atoms with E-state index in [1.54, 1.807) is 0 Å². The number of unbranched alkanes of at least 4 members (excludes halogenated alkanes) is 8. The maximum absolute atomic E-state index is 11.9. The second-order valence-electron chi connectivity index (χ2n) is 6.82. The Balaban J connectivity index is 3.57. The van der Waals surface area contributed by atoms with Crippen LogP contribution >= 0.6 is 0 Å². The number of nitrogens with one attached hydrogen (secondary N) is 1. The summed E-state index contributed by atoms with van der Waals surface area (Å²) in [6.07, 6.45) is 10.9. The molecule has 0 aromatic rings. The summed E-state index contributed by atoms with van der Waals surface area (Å²) in [4.78, 5) is 11.9. The lowest BCUT2D eigenvalue weighted by atomic mass is 10.1. The fourth-order valence-electron chi connectivity index (χ4n) is 2.62. The molecule has 0 saturated heterocycles. The minimum atomic E-state index is -0.803. The maximum Gasteiger partial charge on any atom is 0.264 e. The molecule has 0 aromatic heterocycles. The van der Waals surface area contributed by atoms with Gasteiger partial charge in [-0.15, -0.1) is 0 Å². The summed E-state index contributed by atoms with van der Waals surface area (Å²) in [5.74, 6) is 0.0121. The minimum absolute atomic E-state index is 0.0121. The Morgan fingerprint density at radius 3 is 2.00 bits per heavy atom. The lowest BCUT2D eigenvalue weighted by Crippen LogP contribution is -2.57. The number of carbonyl (C=O) groups excluding carboxylic acids is 1. The topological polar surface area (TPSA) is 69.6 Å². The van der Waals surface area contributed by atoms with Gasteiger partial charge < -0.3 is 10.2 Å². The van der Waals surface area contributed by atoms with Gasteiger partial charge in [0.25, 0.3) is 5.91 Å². The van der Waals surface area contributed by atoms with Crippen molar-refractivity contribution in [3.05, 3.63) is 0 Å². The summed E-state index contributed by atoms with van der Waals surface area (Å²) in [5, 5.41) is 18.3. The third kappa shape index (κ3) is 13.0. The van der Waals surface area contributed by atoms with Crippen molar-refractivity contribution in [1.82, 2.24) is 5.43 Å². The number of carbonyl (C=O) groups is 1. The van der Waals surface area contributed by atoms with Crippen LogP contribution < -0.4 is 5.43 Å². The summed E-state index contributed by atoms with van der Waals surface area (Å²) < 4.78 is 0.192. The molecule has 0 rings (SSSR count). The van der Waals surface area contributed by atoms with Gasteiger partial charge in [0.2, 0.25) is 0 Å². The number of quaternary nitrogens is 1. The molecule has 0 spiro atoms.